The van der Waals surface area contributed by atoms with Crippen LogP contribution in [0.3, 0.4) is 0 Å². The smallest absolute Gasteiger partial charge is 0.246 e. The normalized spacial score (nSPS) is 11.7. The van der Waals surface area contributed by atoms with Gasteiger partial charge in [0.05, 0.1) is 7.11 Å². The number of para-hydroxylation sites is 2. The predicted molar refractivity (Wildman–Crippen MR) is 105 cm³/mol. The average Bonchev–Trinajstić information content (AvgIpc) is 3.09. The number of fused-ring (bicyclic) bond motifs is 1. The number of nitrogens with zero attached hydrogens (tertiary/aromatic N) is 2. The second-order valence-corrected chi connectivity index (χ2v) is 8.40. The molecule has 0 atom stereocenters. The number of methoxy groups -OCH3 is 1. The number of oxazole rings is 1. The summed E-state index contributed by atoms with van der Waals surface area (Å²) in [5.41, 5.74) is 1.78. The Morgan fingerprint density at radius 2 is 1.96 bits per heavy atom. The molecule has 8 nitrogen and oxygen atoms in total. The van der Waals surface area contributed by atoms with Gasteiger partial charge in [-0.15, -0.1) is 0 Å². The molecule has 0 aliphatic heterocycles. The summed E-state index contributed by atoms with van der Waals surface area (Å²) in [4.78, 5) is 16.6. The lowest BCUT2D eigenvalue weighted by Gasteiger charge is -2.15. The Labute approximate surface area is 163 Å². The minimum absolute atomic E-state index is 0.0169. The van der Waals surface area contributed by atoms with Crippen molar-refractivity contribution in [1.29, 1.82) is 0 Å². The molecule has 148 valence electrons. The van der Waals surface area contributed by atoms with Gasteiger partial charge in [-0.25, -0.2) is 17.7 Å². The first kappa shape index (κ1) is 19.8. The van der Waals surface area contributed by atoms with Crippen molar-refractivity contribution in [3.05, 3.63) is 48.4 Å². The minimum Gasteiger partial charge on any atom is -0.495 e. The molecule has 0 radical (unpaired) electrons. The van der Waals surface area contributed by atoms with E-state index in [-0.39, 0.29) is 23.0 Å². The van der Waals surface area contributed by atoms with Gasteiger partial charge in [0.15, 0.2) is 11.5 Å². The van der Waals surface area contributed by atoms with Gasteiger partial charge in [-0.2, -0.15) is 0 Å². The van der Waals surface area contributed by atoms with Gasteiger partial charge in [0.1, 0.15) is 16.2 Å². The first-order chi connectivity index (χ1) is 13.3. The largest absolute Gasteiger partial charge is 0.495 e. The monoisotopic (exact) mass is 403 g/mol. The fourth-order valence-electron chi connectivity index (χ4n) is 2.62. The summed E-state index contributed by atoms with van der Waals surface area (Å²) < 4.78 is 36.7. The summed E-state index contributed by atoms with van der Waals surface area (Å²) in [6.07, 6.45) is 0.480. The molecule has 1 heterocycles. The molecule has 28 heavy (non-hydrogen) atoms. The Bertz CT molecular complexity index is 1070. The van der Waals surface area contributed by atoms with Gasteiger partial charge in [-0.1, -0.05) is 12.1 Å². The minimum atomic E-state index is -3.72. The second-order valence-electron chi connectivity index (χ2n) is 6.28. The molecule has 3 aromatic rings. The number of hydrogen-bond acceptors (Lipinski definition) is 6. The standard InChI is InChI=1S/C19H21N3O5S/c1-22(2)28(24,25)17-12-13(8-9-16(17)26-3)20-18(23)10-11-19-21-14-6-4-5-7-15(14)27-19/h4-9,12H,10-11H2,1-3H3,(H,20,23). The lowest BCUT2D eigenvalue weighted by molar-refractivity contribution is -0.116. The number of nitrogens with one attached hydrogen (secondary N) is 1. The number of hydrogen-bond donors (Lipinski definition) is 1. The molecule has 1 N–H and O–H groups in total. The van der Waals surface area contributed by atoms with E-state index in [0.717, 1.165) is 9.82 Å². The second kappa shape index (κ2) is 7.99. The molecule has 0 spiro atoms. The number of sulfonamides is 1. The topological polar surface area (TPSA) is 102 Å². The zero-order chi connectivity index (χ0) is 20.3. The van der Waals surface area contributed by atoms with E-state index in [0.29, 0.717) is 23.6 Å². The first-order valence-electron chi connectivity index (χ1n) is 8.56. The summed E-state index contributed by atoms with van der Waals surface area (Å²) in [7, 11) is 0.537. The van der Waals surface area contributed by atoms with Gasteiger partial charge in [0.2, 0.25) is 15.9 Å². The number of carbonyl (C=O) groups excluding carboxylic acids is 1. The quantitative estimate of drug-likeness (QED) is 0.651. The molecule has 0 bridgehead atoms. The molecule has 0 saturated heterocycles. The van der Waals surface area contributed by atoms with Crippen LogP contribution >= 0.6 is 0 Å². The predicted octanol–water partition coefficient (Wildman–Crippen LogP) is 2.66. The Morgan fingerprint density at radius 1 is 1.21 bits per heavy atom. The number of anilines is 1. The molecule has 0 aliphatic carbocycles. The molecular formula is C19H21N3O5S. The fraction of sp³-hybridized carbons (Fsp3) is 0.263. The van der Waals surface area contributed by atoms with E-state index in [2.05, 4.69) is 10.3 Å². The van der Waals surface area contributed by atoms with Crippen molar-refractivity contribution in [1.82, 2.24) is 9.29 Å². The van der Waals surface area contributed by atoms with E-state index >= 15 is 0 Å². The summed E-state index contributed by atoms with van der Waals surface area (Å²) in [6.45, 7) is 0. The zero-order valence-electron chi connectivity index (χ0n) is 15.8. The van der Waals surface area contributed by atoms with E-state index < -0.39 is 10.0 Å². The van der Waals surface area contributed by atoms with Crippen LogP contribution in [0, 0.1) is 0 Å². The van der Waals surface area contributed by atoms with Crippen molar-refractivity contribution in [3.8, 4) is 5.75 Å². The highest BCUT2D eigenvalue weighted by Gasteiger charge is 2.23. The molecule has 1 amide bonds. The van der Waals surface area contributed by atoms with Crippen LogP contribution in [0.2, 0.25) is 0 Å². The highest BCUT2D eigenvalue weighted by Crippen LogP contribution is 2.29. The fourth-order valence-corrected chi connectivity index (χ4v) is 3.70. The zero-order valence-corrected chi connectivity index (χ0v) is 16.6. The van der Waals surface area contributed by atoms with Crippen LogP contribution in [-0.4, -0.2) is 44.8 Å². The Kier molecular flexibility index (Phi) is 5.66. The van der Waals surface area contributed by atoms with E-state index in [1.54, 1.807) is 6.07 Å². The van der Waals surface area contributed by atoms with Crippen LogP contribution in [-0.2, 0) is 21.2 Å². The number of aryl methyl sites for hydroxylation is 1. The third kappa shape index (κ3) is 4.15. The van der Waals surface area contributed by atoms with Crippen LogP contribution < -0.4 is 10.1 Å². The van der Waals surface area contributed by atoms with Crippen molar-refractivity contribution in [2.24, 2.45) is 0 Å². The van der Waals surface area contributed by atoms with Crippen molar-refractivity contribution in [2.45, 2.75) is 17.7 Å². The molecule has 0 fully saturated rings. The number of carbonyl (C=O) groups is 1. The van der Waals surface area contributed by atoms with Crippen molar-refractivity contribution >= 4 is 32.7 Å². The molecule has 9 heteroatoms. The summed E-state index contributed by atoms with van der Waals surface area (Å²) in [5.74, 6) is 0.403. The molecule has 0 unspecified atom stereocenters. The Hall–Kier alpha value is -2.91. The van der Waals surface area contributed by atoms with Crippen LogP contribution in [0.25, 0.3) is 11.1 Å². The van der Waals surface area contributed by atoms with E-state index in [1.807, 2.05) is 24.3 Å². The Balaban J connectivity index is 1.71. The summed E-state index contributed by atoms with van der Waals surface area (Å²) in [5, 5.41) is 2.70. The van der Waals surface area contributed by atoms with Crippen molar-refractivity contribution < 1.29 is 22.4 Å². The van der Waals surface area contributed by atoms with Crippen LogP contribution in [0.4, 0.5) is 5.69 Å². The number of benzene rings is 2. The van der Waals surface area contributed by atoms with Gasteiger partial charge in [0.25, 0.3) is 0 Å². The SMILES string of the molecule is COc1ccc(NC(=O)CCc2nc3ccccc3o2)cc1S(=O)(=O)N(C)C. The highest BCUT2D eigenvalue weighted by molar-refractivity contribution is 7.89. The molecule has 2 aromatic carbocycles. The number of rotatable bonds is 7. The molecule has 1 aromatic heterocycles. The van der Waals surface area contributed by atoms with E-state index in [4.69, 9.17) is 9.15 Å². The van der Waals surface area contributed by atoms with Gasteiger partial charge in [-0.05, 0) is 30.3 Å². The molecule has 0 aliphatic rings. The van der Waals surface area contributed by atoms with E-state index in [1.165, 1.54) is 33.3 Å². The summed E-state index contributed by atoms with van der Waals surface area (Å²) in [6, 6.07) is 11.9. The van der Waals surface area contributed by atoms with Crippen molar-refractivity contribution in [3.63, 3.8) is 0 Å². The molecular weight excluding hydrogens is 382 g/mol. The first-order valence-corrected chi connectivity index (χ1v) is 10.00. The third-order valence-electron chi connectivity index (χ3n) is 4.11. The highest BCUT2D eigenvalue weighted by atomic mass is 32.2. The van der Waals surface area contributed by atoms with Gasteiger partial charge in [-0.3, -0.25) is 4.79 Å². The summed E-state index contributed by atoms with van der Waals surface area (Å²) >= 11 is 0. The Morgan fingerprint density at radius 3 is 2.64 bits per heavy atom. The average molecular weight is 403 g/mol. The van der Waals surface area contributed by atoms with Crippen LogP contribution in [0.15, 0.2) is 51.8 Å². The third-order valence-corrected chi connectivity index (χ3v) is 5.95. The number of ether oxygens (including phenoxy) is 1. The lowest BCUT2D eigenvalue weighted by atomic mass is 10.2. The maximum absolute atomic E-state index is 12.5. The molecule has 0 saturated carbocycles. The van der Waals surface area contributed by atoms with Gasteiger partial charge in [0, 0.05) is 32.6 Å². The van der Waals surface area contributed by atoms with Crippen molar-refractivity contribution in [2.75, 3.05) is 26.5 Å². The maximum Gasteiger partial charge on any atom is 0.246 e. The van der Waals surface area contributed by atoms with Crippen LogP contribution in [0.1, 0.15) is 12.3 Å². The number of aromatic nitrogens is 1. The molecule has 3 rings (SSSR count). The van der Waals surface area contributed by atoms with Gasteiger partial charge >= 0.3 is 0 Å². The maximum atomic E-state index is 12.5. The lowest BCUT2D eigenvalue weighted by Crippen LogP contribution is -2.23. The van der Waals surface area contributed by atoms with Crippen LogP contribution in [0.5, 0.6) is 5.75 Å². The van der Waals surface area contributed by atoms with Gasteiger partial charge < -0.3 is 14.5 Å². The van der Waals surface area contributed by atoms with E-state index in [9.17, 15) is 13.2 Å². The number of amides is 1.